The second-order valence-electron chi connectivity index (χ2n) is 6.69. The summed E-state index contributed by atoms with van der Waals surface area (Å²) in [4.78, 5) is 12.8. The monoisotopic (exact) mass is 336 g/mol. The third-order valence-electron chi connectivity index (χ3n) is 4.73. The number of aryl methyl sites for hydroxylation is 1. The molecule has 0 unspecified atom stereocenters. The second-order valence-corrected chi connectivity index (χ2v) is 8.52. The van der Waals surface area contributed by atoms with Crippen molar-refractivity contribution >= 4 is 13.1 Å². The molecular weight excluding hydrogens is 311 g/mol. The maximum Gasteiger partial charge on any atom is 0.402 e. The van der Waals surface area contributed by atoms with Gasteiger partial charge in [0.15, 0.2) is 0 Å². The van der Waals surface area contributed by atoms with Crippen LogP contribution in [0, 0.1) is 6.92 Å². The molecule has 2 aliphatic rings. The number of carbonyl (C=O) groups is 1. The van der Waals surface area contributed by atoms with E-state index in [1.807, 2.05) is 19.1 Å². The van der Waals surface area contributed by atoms with E-state index in [0.717, 1.165) is 56.9 Å². The van der Waals surface area contributed by atoms with Gasteiger partial charge in [-0.1, -0.05) is 55.5 Å². The molecule has 0 amide bonds. The van der Waals surface area contributed by atoms with E-state index in [2.05, 4.69) is 0 Å². The predicted molar refractivity (Wildman–Crippen MR) is 89.8 cm³/mol. The topological polar surface area (TPSA) is 52.6 Å². The van der Waals surface area contributed by atoms with Gasteiger partial charge in [0.25, 0.3) is 5.52 Å². The van der Waals surface area contributed by atoms with Crippen molar-refractivity contribution in [2.45, 2.75) is 70.5 Å². The van der Waals surface area contributed by atoms with Crippen LogP contribution in [0.3, 0.4) is 0 Å². The summed E-state index contributed by atoms with van der Waals surface area (Å²) in [7, 11) is -3.78. The molecule has 23 heavy (non-hydrogen) atoms. The molecule has 2 aliphatic carbocycles. The van der Waals surface area contributed by atoms with Crippen molar-refractivity contribution in [3.63, 3.8) is 0 Å². The van der Waals surface area contributed by atoms with E-state index in [1.165, 1.54) is 0 Å². The van der Waals surface area contributed by atoms with Crippen molar-refractivity contribution in [2.24, 2.45) is 0 Å². The number of hydrogen-bond acceptors (Lipinski definition) is 4. The highest BCUT2D eigenvalue weighted by Crippen LogP contribution is 2.56. The van der Waals surface area contributed by atoms with Crippen LogP contribution in [0.4, 0.5) is 0 Å². The Morgan fingerprint density at radius 3 is 1.78 bits per heavy atom. The molecule has 0 atom stereocenters. The molecule has 4 nitrogen and oxygen atoms in total. The van der Waals surface area contributed by atoms with Gasteiger partial charge in [0.05, 0.1) is 12.2 Å². The Bertz CT molecular complexity index is 562. The van der Waals surface area contributed by atoms with Crippen LogP contribution in [0.25, 0.3) is 0 Å². The summed E-state index contributed by atoms with van der Waals surface area (Å²) >= 11 is 0. The van der Waals surface area contributed by atoms with E-state index in [4.69, 9.17) is 9.05 Å². The summed E-state index contributed by atoms with van der Waals surface area (Å²) in [5, 5.41) is 0. The number of carbonyl (C=O) groups excluding carboxylic acids is 1. The SMILES string of the molecule is Cc1ccc(C(=O)P(=O)(OC2CCCC2)OC2CCCC2)cc1. The van der Waals surface area contributed by atoms with Gasteiger partial charge in [-0.05, 0) is 32.6 Å². The molecule has 0 bridgehead atoms. The molecule has 0 aromatic heterocycles. The lowest BCUT2D eigenvalue weighted by molar-refractivity contribution is 0.0864. The first-order valence-electron chi connectivity index (χ1n) is 8.65. The lowest BCUT2D eigenvalue weighted by Crippen LogP contribution is -2.17. The Balaban J connectivity index is 1.81. The molecule has 0 heterocycles. The molecule has 0 aliphatic heterocycles. The Morgan fingerprint density at radius 1 is 0.913 bits per heavy atom. The third-order valence-corrected chi connectivity index (χ3v) is 6.63. The van der Waals surface area contributed by atoms with Gasteiger partial charge in [0.2, 0.25) is 0 Å². The van der Waals surface area contributed by atoms with E-state index in [9.17, 15) is 9.36 Å². The van der Waals surface area contributed by atoms with Crippen molar-refractivity contribution in [3.05, 3.63) is 35.4 Å². The zero-order valence-corrected chi connectivity index (χ0v) is 14.6. The van der Waals surface area contributed by atoms with Gasteiger partial charge in [0.1, 0.15) is 0 Å². The molecule has 1 aromatic rings. The van der Waals surface area contributed by atoms with Crippen LogP contribution in [0.15, 0.2) is 24.3 Å². The lowest BCUT2D eigenvalue weighted by Gasteiger charge is -2.24. The third kappa shape index (κ3) is 4.12. The average Bonchev–Trinajstić information content (AvgIpc) is 3.21. The molecule has 126 valence electrons. The van der Waals surface area contributed by atoms with Crippen LogP contribution < -0.4 is 0 Å². The highest BCUT2D eigenvalue weighted by Gasteiger charge is 2.41. The normalized spacial score (nSPS) is 20.2. The van der Waals surface area contributed by atoms with Crippen molar-refractivity contribution < 1.29 is 18.4 Å². The molecule has 0 radical (unpaired) electrons. The number of hydrogen-bond donors (Lipinski definition) is 0. The van der Waals surface area contributed by atoms with Crippen molar-refractivity contribution in [3.8, 4) is 0 Å². The highest BCUT2D eigenvalue weighted by atomic mass is 31.2. The van der Waals surface area contributed by atoms with Crippen LogP contribution in [0.1, 0.15) is 67.3 Å². The van der Waals surface area contributed by atoms with E-state index in [1.54, 1.807) is 12.1 Å². The van der Waals surface area contributed by atoms with Gasteiger partial charge in [0, 0.05) is 5.56 Å². The van der Waals surface area contributed by atoms with Gasteiger partial charge >= 0.3 is 7.60 Å². The fourth-order valence-corrected chi connectivity index (χ4v) is 5.27. The minimum Gasteiger partial charge on any atom is -0.300 e. The standard InChI is InChI=1S/C18H25O4P/c1-14-10-12-15(13-11-14)18(19)23(20,21-16-6-2-3-7-16)22-17-8-4-5-9-17/h10-13,16-17H,2-9H2,1H3. The highest BCUT2D eigenvalue weighted by molar-refractivity contribution is 7.72. The van der Waals surface area contributed by atoms with Gasteiger partial charge in [-0.2, -0.15) is 0 Å². The fourth-order valence-electron chi connectivity index (χ4n) is 3.35. The quantitative estimate of drug-likeness (QED) is 0.666. The molecule has 2 fully saturated rings. The summed E-state index contributed by atoms with van der Waals surface area (Å²) in [5.74, 6) is 0. The summed E-state index contributed by atoms with van der Waals surface area (Å²) in [5.41, 5.74) is 0.982. The van der Waals surface area contributed by atoms with E-state index >= 15 is 0 Å². The van der Waals surface area contributed by atoms with Gasteiger partial charge < -0.3 is 0 Å². The second kappa shape index (κ2) is 7.29. The van der Waals surface area contributed by atoms with Crippen LogP contribution in [-0.2, 0) is 13.6 Å². The molecule has 3 rings (SSSR count). The predicted octanol–water partition coefficient (Wildman–Crippen LogP) is 5.25. The molecule has 1 aromatic carbocycles. The molecule has 0 saturated heterocycles. The Kier molecular flexibility index (Phi) is 5.35. The molecule has 0 N–H and O–H groups in total. The minimum atomic E-state index is -3.78. The first-order chi connectivity index (χ1) is 11.1. The van der Waals surface area contributed by atoms with Gasteiger partial charge in [-0.25, -0.2) is 0 Å². The zero-order valence-electron chi connectivity index (χ0n) is 13.7. The number of rotatable bonds is 6. The van der Waals surface area contributed by atoms with Crippen LogP contribution in [0.5, 0.6) is 0 Å². The minimum absolute atomic E-state index is 0.114. The van der Waals surface area contributed by atoms with Crippen LogP contribution >= 0.6 is 7.60 Å². The van der Waals surface area contributed by atoms with Crippen LogP contribution in [0.2, 0.25) is 0 Å². The maximum atomic E-state index is 13.3. The van der Waals surface area contributed by atoms with Crippen molar-refractivity contribution in [2.75, 3.05) is 0 Å². The fraction of sp³-hybridized carbons (Fsp3) is 0.611. The zero-order chi connectivity index (χ0) is 16.3. The molecule has 0 spiro atoms. The van der Waals surface area contributed by atoms with Gasteiger partial charge in [-0.3, -0.25) is 18.4 Å². The Labute approximate surface area is 138 Å². The smallest absolute Gasteiger partial charge is 0.300 e. The maximum absolute atomic E-state index is 13.3. The summed E-state index contributed by atoms with van der Waals surface area (Å²) in [6, 6.07) is 7.12. The summed E-state index contributed by atoms with van der Waals surface area (Å²) < 4.78 is 24.9. The van der Waals surface area contributed by atoms with Gasteiger partial charge in [-0.15, -0.1) is 0 Å². The Morgan fingerprint density at radius 2 is 1.35 bits per heavy atom. The van der Waals surface area contributed by atoms with Crippen molar-refractivity contribution in [1.82, 2.24) is 0 Å². The first kappa shape index (κ1) is 16.9. The first-order valence-corrected chi connectivity index (χ1v) is 10.2. The molecule has 2 saturated carbocycles. The average molecular weight is 336 g/mol. The largest absolute Gasteiger partial charge is 0.402 e. The van der Waals surface area contributed by atoms with E-state index in [0.29, 0.717) is 5.56 Å². The van der Waals surface area contributed by atoms with E-state index in [-0.39, 0.29) is 12.2 Å². The van der Waals surface area contributed by atoms with E-state index < -0.39 is 13.1 Å². The Hall–Kier alpha value is -0.960. The molecular formula is C18H25O4P. The van der Waals surface area contributed by atoms with Crippen LogP contribution in [-0.4, -0.2) is 17.7 Å². The summed E-state index contributed by atoms with van der Waals surface area (Å²) in [6.45, 7) is 1.96. The van der Waals surface area contributed by atoms with Crippen molar-refractivity contribution in [1.29, 1.82) is 0 Å². The number of benzene rings is 1. The lowest BCUT2D eigenvalue weighted by atomic mass is 10.2. The molecule has 5 heteroatoms. The summed E-state index contributed by atoms with van der Waals surface area (Å²) in [6.07, 6.45) is 7.46.